The van der Waals surface area contributed by atoms with E-state index in [0.29, 0.717) is 18.6 Å². The number of amides is 1. The third kappa shape index (κ3) is 4.89. The molecule has 122 valence electrons. The second-order valence-electron chi connectivity index (χ2n) is 5.83. The van der Waals surface area contributed by atoms with Crippen molar-refractivity contribution in [2.24, 2.45) is 5.73 Å². The minimum Gasteiger partial charge on any atom is -0.340 e. The largest absolute Gasteiger partial charge is 0.340 e. The van der Waals surface area contributed by atoms with Crippen LogP contribution in [0.5, 0.6) is 0 Å². The van der Waals surface area contributed by atoms with Gasteiger partial charge in [0.05, 0.1) is 10.8 Å². The Bertz CT molecular complexity index is 535. The number of carbonyl (C=O) groups excluding carboxylic acids is 1. The molecule has 1 heterocycles. The lowest BCUT2D eigenvalue weighted by Gasteiger charge is -2.36. The predicted octanol–water partition coefficient (Wildman–Crippen LogP) is 2.68. The zero-order valence-electron chi connectivity index (χ0n) is 12.8. The molecule has 1 aromatic carbocycles. The number of rotatable bonds is 5. The minimum atomic E-state index is -1.04. The van der Waals surface area contributed by atoms with Gasteiger partial charge in [-0.1, -0.05) is 15.9 Å². The molecule has 1 aromatic rings. The van der Waals surface area contributed by atoms with Crippen LogP contribution in [0, 0.1) is 0 Å². The van der Waals surface area contributed by atoms with Gasteiger partial charge in [0.15, 0.2) is 0 Å². The summed E-state index contributed by atoms with van der Waals surface area (Å²) in [4.78, 5) is 15.0. The van der Waals surface area contributed by atoms with Crippen molar-refractivity contribution in [3.05, 3.63) is 28.7 Å². The molecule has 0 aromatic heterocycles. The summed E-state index contributed by atoms with van der Waals surface area (Å²) in [5.41, 5.74) is 5.92. The Morgan fingerprint density at radius 2 is 2.09 bits per heavy atom. The van der Waals surface area contributed by atoms with Gasteiger partial charge in [-0.25, -0.2) is 0 Å². The Kier molecular flexibility index (Phi) is 6.59. The fourth-order valence-electron chi connectivity index (χ4n) is 2.78. The average molecular weight is 387 g/mol. The lowest BCUT2D eigenvalue weighted by atomic mass is 9.99. The predicted molar refractivity (Wildman–Crippen MR) is 93.0 cm³/mol. The van der Waals surface area contributed by atoms with Crippen LogP contribution in [-0.2, 0) is 15.6 Å². The van der Waals surface area contributed by atoms with Crippen LogP contribution in [0.25, 0.3) is 0 Å². The standard InChI is InChI=1S/C16H23BrN2O2S/c1-12-11-14(18)8-9-19(12)16(20)3-2-10-22(21)15-6-4-13(17)5-7-15/h4-7,12,14H,2-3,8-11,18H2,1H3/t12-,14-,22-/m1/s1. The molecular formula is C16H23BrN2O2S. The van der Waals surface area contributed by atoms with Gasteiger partial charge in [0.2, 0.25) is 5.91 Å². The number of hydrogen-bond acceptors (Lipinski definition) is 3. The fourth-order valence-corrected chi connectivity index (χ4v) is 4.13. The van der Waals surface area contributed by atoms with Crippen molar-refractivity contribution in [3.63, 3.8) is 0 Å². The van der Waals surface area contributed by atoms with Crippen LogP contribution in [-0.4, -0.2) is 39.4 Å². The van der Waals surface area contributed by atoms with Crippen molar-refractivity contribution in [2.45, 2.75) is 49.6 Å². The van der Waals surface area contributed by atoms with Crippen LogP contribution in [0.1, 0.15) is 32.6 Å². The van der Waals surface area contributed by atoms with E-state index in [4.69, 9.17) is 5.73 Å². The van der Waals surface area contributed by atoms with Gasteiger partial charge < -0.3 is 10.6 Å². The second kappa shape index (κ2) is 8.22. The van der Waals surface area contributed by atoms with Gasteiger partial charge in [0.1, 0.15) is 0 Å². The Morgan fingerprint density at radius 1 is 1.41 bits per heavy atom. The molecular weight excluding hydrogens is 364 g/mol. The van der Waals surface area contributed by atoms with E-state index in [1.165, 1.54) is 0 Å². The van der Waals surface area contributed by atoms with Gasteiger partial charge in [-0.2, -0.15) is 0 Å². The first-order valence-electron chi connectivity index (χ1n) is 7.66. The molecule has 2 N–H and O–H groups in total. The highest BCUT2D eigenvalue weighted by Crippen LogP contribution is 2.18. The summed E-state index contributed by atoms with van der Waals surface area (Å²) in [6.45, 7) is 2.80. The highest BCUT2D eigenvalue weighted by molar-refractivity contribution is 9.10. The molecule has 1 fully saturated rings. The van der Waals surface area contributed by atoms with E-state index in [9.17, 15) is 9.00 Å². The van der Waals surface area contributed by atoms with Gasteiger partial charge in [0, 0.05) is 40.2 Å². The second-order valence-corrected chi connectivity index (χ2v) is 8.31. The number of likely N-dealkylation sites (tertiary alicyclic amines) is 1. The maximum atomic E-state index is 12.3. The van der Waals surface area contributed by atoms with E-state index in [1.54, 1.807) is 0 Å². The van der Waals surface area contributed by atoms with Crippen LogP contribution >= 0.6 is 15.9 Å². The minimum absolute atomic E-state index is 0.159. The molecule has 0 saturated carbocycles. The Hall–Kier alpha value is -0.720. The summed E-state index contributed by atoms with van der Waals surface area (Å²) in [5.74, 6) is 0.682. The van der Waals surface area contributed by atoms with Gasteiger partial charge >= 0.3 is 0 Å². The first-order chi connectivity index (χ1) is 10.5. The summed E-state index contributed by atoms with van der Waals surface area (Å²) in [6, 6.07) is 7.91. The summed E-state index contributed by atoms with van der Waals surface area (Å²) >= 11 is 3.36. The number of carbonyl (C=O) groups is 1. The van der Waals surface area contributed by atoms with Crippen LogP contribution in [0.2, 0.25) is 0 Å². The summed E-state index contributed by atoms with van der Waals surface area (Å²) < 4.78 is 13.1. The lowest BCUT2D eigenvalue weighted by Crippen LogP contribution is -2.48. The molecule has 0 bridgehead atoms. The summed E-state index contributed by atoms with van der Waals surface area (Å²) in [5, 5.41) is 0. The van der Waals surface area contributed by atoms with E-state index in [-0.39, 0.29) is 18.0 Å². The van der Waals surface area contributed by atoms with E-state index in [1.807, 2.05) is 29.2 Å². The molecule has 0 radical (unpaired) electrons. The van der Waals surface area contributed by atoms with Crippen molar-refractivity contribution in [1.82, 2.24) is 4.90 Å². The van der Waals surface area contributed by atoms with Crippen molar-refractivity contribution in [1.29, 1.82) is 0 Å². The van der Waals surface area contributed by atoms with Gasteiger partial charge in [-0.3, -0.25) is 9.00 Å². The van der Waals surface area contributed by atoms with Gasteiger partial charge in [-0.15, -0.1) is 0 Å². The molecule has 0 unspecified atom stereocenters. The molecule has 3 atom stereocenters. The first kappa shape index (κ1) is 17.6. The van der Waals surface area contributed by atoms with Crippen molar-refractivity contribution < 1.29 is 9.00 Å². The normalized spacial score (nSPS) is 23.3. The highest BCUT2D eigenvalue weighted by atomic mass is 79.9. The Morgan fingerprint density at radius 3 is 2.73 bits per heavy atom. The van der Waals surface area contributed by atoms with E-state index in [2.05, 4.69) is 22.9 Å². The zero-order valence-corrected chi connectivity index (χ0v) is 15.2. The SMILES string of the molecule is C[C@@H]1C[C@H](N)CCN1C(=O)CCC[S@@](=O)c1ccc(Br)cc1. The molecule has 6 heteroatoms. The summed E-state index contributed by atoms with van der Waals surface area (Å²) in [6.07, 6.45) is 2.86. The van der Waals surface area contributed by atoms with Crippen LogP contribution in [0.4, 0.5) is 0 Å². The van der Waals surface area contributed by atoms with Crippen molar-refractivity contribution in [3.8, 4) is 0 Å². The van der Waals surface area contributed by atoms with Crippen LogP contribution in [0.3, 0.4) is 0 Å². The third-order valence-electron chi connectivity index (χ3n) is 4.03. The maximum Gasteiger partial charge on any atom is 0.222 e. The smallest absolute Gasteiger partial charge is 0.222 e. The molecule has 1 amide bonds. The fraction of sp³-hybridized carbons (Fsp3) is 0.562. The number of piperidine rings is 1. The third-order valence-corrected chi connectivity index (χ3v) is 6.02. The van der Waals surface area contributed by atoms with Gasteiger partial charge in [0.25, 0.3) is 0 Å². The van der Waals surface area contributed by atoms with E-state index < -0.39 is 10.8 Å². The molecule has 0 spiro atoms. The highest BCUT2D eigenvalue weighted by Gasteiger charge is 2.26. The maximum absolute atomic E-state index is 12.3. The number of nitrogens with zero attached hydrogens (tertiary/aromatic N) is 1. The number of benzene rings is 1. The topological polar surface area (TPSA) is 63.4 Å². The van der Waals surface area contributed by atoms with Crippen LogP contribution < -0.4 is 5.73 Å². The molecule has 1 saturated heterocycles. The lowest BCUT2D eigenvalue weighted by molar-refractivity contribution is -0.134. The van der Waals surface area contributed by atoms with E-state index in [0.717, 1.165) is 28.8 Å². The number of nitrogens with two attached hydrogens (primary N) is 1. The molecule has 22 heavy (non-hydrogen) atoms. The zero-order chi connectivity index (χ0) is 16.1. The van der Waals surface area contributed by atoms with Crippen molar-refractivity contribution >= 4 is 32.6 Å². The quantitative estimate of drug-likeness (QED) is 0.845. The Balaban J connectivity index is 1.77. The molecule has 1 aliphatic heterocycles. The average Bonchev–Trinajstić information content (AvgIpc) is 2.47. The monoisotopic (exact) mass is 386 g/mol. The summed E-state index contributed by atoms with van der Waals surface area (Å²) in [7, 11) is -1.04. The first-order valence-corrected chi connectivity index (χ1v) is 9.77. The number of halogens is 1. The number of hydrogen-bond donors (Lipinski definition) is 1. The molecule has 0 aliphatic carbocycles. The Labute approximate surface area is 143 Å². The van der Waals surface area contributed by atoms with Crippen molar-refractivity contribution in [2.75, 3.05) is 12.3 Å². The molecule has 4 nitrogen and oxygen atoms in total. The molecule has 2 rings (SSSR count). The van der Waals surface area contributed by atoms with E-state index >= 15 is 0 Å². The molecule has 1 aliphatic rings. The van der Waals surface area contributed by atoms with Gasteiger partial charge in [-0.05, 0) is 50.5 Å². The van der Waals surface area contributed by atoms with Crippen LogP contribution in [0.15, 0.2) is 33.6 Å².